The maximum Gasteiger partial charge on any atom is 0.227 e. The van der Waals surface area contributed by atoms with Gasteiger partial charge in [-0.3, -0.25) is 14.4 Å². The molecule has 3 fully saturated rings. The molecular weight excluding hydrogens is 426 g/mol. The van der Waals surface area contributed by atoms with Crippen LogP contribution in [-0.4, -0.2) is 17.7 Å². The predicted octanol–water partition coefficient (Wildman–Crippen LogP) is 6.34. The predicted molar refractivity (Wildman–Crippen MR) is 137 cm³/mol. The Labute approximate surface area is 204 Å². The summed E-state index contributed by atoms with van der Waals surface area (Å²) < 4.78 is 0. The van der Waals surface area contributed by atoms with E-state index in [0.717, 1.165) is 77.0 Å². The van der Waals surface area contributed by atoms with E-state index in [0.29, 0.717) is 28.9 Å². The maximum absolute atomic E-state index is 13.0. The number of nitrogens with one attached hydrogen (secondary N) is 3. The third-order valence-electron chi connectivity index (χ3n) is 8.27. The van der Waals surface area contributed by atoms with Crippen molar-refractivity contribution in [3.63, 3.8) is 0 Å². The Hall–Kier alpha value is -2.37. The Bertz CT molecular complexity index is 829. The molecule has 0 aliphatic heterocycles. The fourth-order valence-corrected chi connectivity index (χ4v) is 6.00. The third-order valence-corrected chi connectivity index (χ3v) is 8.27. The molecular formula is C28H41N3O3. The van der Waals surface area contributed by atoms with Crippen LogP contribution in [0.2, 0.25) is 0 Å². The molecule has 0 bridgehead atoms. The molecule has 3 aliphatic carbocycles. The highest BCUT2D eigenvalue weighted by atomic mass is 16.2. The number of anilines is 3. The van der Waals surface area contributed by atoms with Crippen molar-refractivity contribution < 1.29 is 14.4 Å². The lowest BCUT2D eigenvalue weighted by molar-refractivity contribution is -0.121. The minimum atomic E-state index is 0.0169. The summed E-state index contributed by atoms with van der Waals surface area (Å²) in [6, 6.07) is 5.44. The number of amides is 3. The first-order valence-electron chi connectivity index (χ1n) is 13.5. The highest BCUT2D eigenvalue weighted by molar-refractivity contribution is 5.99. The molecule has 34 heavy (non-hydrogen) atoms. The normalized spacial score (nSPS) is 23.7. The average molecular weight is 468 g/mol. The summed E-state index contributed by atoms with van der Waals surface area (Å²) >= 11 is 0. The smallest absolute Gasteiger partial charge is 0.227 e. The van der Waals surface area contributed by atoms with Crippen LogP contribution in [0.5, 0.6) is 0 Å². The molecule has 4 rings (SSSR count). The average Bonchev–Trinajstić information content (AvgIpc) is 3.53. The molecule has 0 radical (unpaired) electrons. The van der Waals surface area contributed by atoms with Crippen molar-refractivity contribution in [1.82, 2.24) is 0 Å². The maximum atomic E-state index is 13.0. The molecule has 0 spiro atoms. The zero-order valence-electron chi connectivity index (χ0n) is 20.8. The van der Waals surface area contributed by atoms with Gasteiger partial charge in [-0.2, -0.15) is 0 Å². The molecule has 1 aromatic carbocycles. The first-order chi connectivity index (χ1) is 16.4. The fourth-order valence-electron chi connectivity index (χ4n) is 6.00. The highest BCUT2D eigenvalue weighted by Gasteiger charge is 2.28. The molecule has 0 aromatic heterocycles. The van der Waals surface area contributed by atoms with Crippen molar-refractivity contribution in [3.8, 4) is 0 Å². The monoisotopic (exact) mass is 467 g/mol. The van der Waals surface area contributed by atoms with Gasteiger partial charge in [0.1, 0.15) is 0 Å². The van der Waals surface area contributed by atoms with E-state index in [1.807, 2.05) is 18.2 Å². The van der Waals surface area contributed by atoms with Crippen LogP contribution in [0.15, 0.2) is 18.2 Å². The minimum absolute atomic E-state index is 0.0169. The fraction of sp³-hybridized carbons (Fsp3) is 0.679. The second kappa shape index (κ2) is 11.4. The van der Waals surface area contributed by atoms with E-state index in [1.54, 1.807) is 0 Å². The van der Waals surface area contributed by atoms with Crippen molar-refractivity contribution in [2.45, 2.75) is 90.9 Å². The summed E-state index contributed by atoms with van der Waals surface area (Å²) in [5, 5.41) is 9.15. The summed E-state index contributed by atoms with van der Waals surface area (Å²) in [5.41, 5.74) is 1.88. The van der Waals surface area contributed by atoms with Crippen molar-refractivity contribution in [2.75, 3.05) is 16.0 Å². The van der Waals surface area contributed by atoms with Crippen LogP contribution in [0.4, 0.5) is 17.1 Å². The number of rotatable bonds is 7. The van der Waals surface area contributed by atoms with Crippen molar-refractivity contribution in [3.05, 3.63) is 18.2 Å². The number of hydrogen-bond acceptors (Lipinski definition) is 3. The Morgan fingerprint density at radius 2 is 0.912 bits per heavy atom. The Balaban J connectivity index is 1.46. The van der Waals surface area contributed by atoms with Crippen LogP contribution in [0, 0.1) is 29.6 Å². The van der Waals surface area contributed by atoms with Gasteiger partial charge >= 0.3 is 0 Å². The Kier molecular flexibility index (Phi) is 8.28. The van der Waals surface area contributed by atoms with E-state index in [2.05, 4.69) is 29.8 Å². The van der Waals surface area contributed by atoms with Gasteiger partial charge in [-0.05, 0) is 81.4 Å². The molecule has 3 amide bonds. The first-order valence-corrected chi connectivity index (χ1v) is 13.5. The van der Waals surface area contributed by atoms with Crippen LogP contribution < -0.4 is 16.0 Å². The van der Waals surface area contributed by atoms with E-state index in [4.69, 9.17) is 0 Å². The van der Waals surface area contributed by atoms with Crippen LogP contribution in [0.1, 0.15) is 90.9 Å². The van der Waals surface area contributed by atoms with Gasteiger partial charge in [0, 0.05) is 34.8 Å². The number of benzene rings is 1. The molecule has 3 N–H and O–H groups in total. The van der Waals surface area contributed by atoms with E-state index >= 15 is 0 Å². The Morgan fingerprint density at radius 1 is 0.588 bits per heavy atom. The molecule has 1 aromatic rings. The topological polar surface area (TPSA) is 87.3 Å². The van der Waals surface area contributed by atoms with Gasteiger partial charge in [0.25, 0.3) is 0 Å². The summed E-state index contributed by atoms with van der Waals surface area (Å²) in [5.74, 6) is 1.57. The Morgan fingerprint density at radius 3 is 1.24 bits per heavy atom. The molecule has 0 heterocycles. The van der Waals surface area contributed by atoms with Gasteiger partial charge in [0.2, 0.25) is 17.7 Å². The lowest BCUT2D eigenvalue weighted by Gasteiger charge is -2.30. The van der Waals surface area contributed by atoms with Crippen LogP contribution in [-0.2, 0) is 14.4 Å². The van der Waals surface area contributed by atoms with Gasteiger partial charge in [-0.1, -0.05) is 39.5 Å². The van der Waals surface area contributed by atoms with Gasteiger partial charge in [0.15, 0.2) is 0 Å². The molecule has 6 heteroatoms. The highest BCUT2D eigenvalue weighted by Crippen LogP contribution is 2.35. The van der Waals surface area contributed by atoms with Crippen molar-refractivity contribution >= 4 is 34.8 Å². The molecule has 0 atom stereocenters. The van der Waals surface area contributed by atoms with E-state index < -0.39 is 0 Å². The molecule has 186 valence electrons. The molecule has 6 nitrogen and oxygen atoms in total. The van der Waals surface area contributed by atoms with Crippen LogP contribution in [0.25, 0.3) is 0 Å². The standard InChI is InChI=1S/C28H41N3O3/c1-18(2)19-11-13-22(14-12-19)28(34)31-25-16-23(29-26(32)20-7-3-4-8-20)15-24(17-25)30-27(33)21-9-5-6-10-21/h15-22H,3-14H2,1-2H3,(H,29,32)(H,30,33)(H,31,34). The molecule has 0 unspecified atom stereocenters. The quantitative estimate of drug-likeness (QED) is 0.437. The lowest BCUT2D eigenvalue weighted by atomic mass is 9.76. The van der Waals surface area contributed by atoms with Crippen molar-refractivity contribution in [2.24, 2.45) is 29.6 Å². The van der Waals surface area contributed by atoms with Gasteiger partial charge < -0.3 is 16.0 Å². The van der Waals surface area contributed by atoms with Gasteiger partial charge in [-0.25, -0.2) is 0 Å². The van der Waals surface area contributed by atoms with E-state index in [-0.39, 0.29) is 35.5 Å². The molecule has 0 saturated heterocycles. The zero-order valence-corrected chi connectivity index (χ0v) is 20.8. The largest absolute Gasteiger partial charge is 0.326 e. The van der Waals surface area contributed by atoms with E-state index in [1.165, 1.54) is 0 Å². The van der Waals surface area contributed by atoms with Gasteiger partial charge in [-0.15, -0.1) is 0 Å². The van der Waals surface area contributed by atoms with Crippen molar-refractivity contribution in [1.29, 1.82) is 0 Å². The lowest BCUT2D eigenvalue weighted by Crippen LogP contribution is -2.28. The first kappa shape index (κ1) is 24.7. The minimum Gasteiger partial charge on any atom is -0.326 e. The molecule has 3 aliphatic rings. The number of carbonyl (C=O) groups excluding carboxylic acids is 3. The summed E-state index contributed by atoms with van der Waals surface area (Å²) in [7, 11) is 0. The zero-order chi connectivity index (χ0) is 24.1. The summed E-state index contributed by atoms with van der Waals surface area (Å²) in [4.78, 5) is 38.5. The number of hydrogen-bond donors (Lipinski definition) is 3. The van der Waals surface area contributed by atoms with Crippen LogP contribution >= 0.6 is 0 Å². The second-order valence-electron chi connectivity index (χ2n) is 11.1. The SMILES string of the molecule is CC(C)C1CCC(C(=O)Nc2cc(NC(=O)C3CCCC3)cc(NC(=O)C3CCCC3)c2)CC1. The number of carbonyl (C=O) groups is 3. The summed E-state index contributed by atoms with van der Waals surface area (Å²) in [6.07, 6.45) is 12.1. The van der Waals surface area contributed by atoms with Gasteiger partial charge in [0.05, 0.1) is 0 Å². The van der Waals surface area contributed by atoms with E-state index in [9.17, 15) is 14.4 Å². The second-order valence-corrected chi connectivity index (χ2v) is 11.1. The molecule has 3 saturated carbocycles. The van der Waals surface area contributed by atoms with Crippen LogP contribution in [0.3, 0.4) is 0 Å². The summed E-state index contributed by atoms with van der Waals surface area (Å²) in [6.45, 7) is 4.52. The third kappa shape index (κ3) is 6.39.